The van der Waals surface area contributed by atoms with Gasteiger partial charge in [-0.1, -0.05) is 18.9 Å². The van der Waals surface area contributed by atoms with Crippen molar-refractivity contribution in [2.75, 3.05) is 23.3 Å². The zero-order valence-electron chi connectivity index (χ0n) is 17.2. The van der Waals surface area contributed by atoms with Crippen LogP contribution in [0.3, 0.4) is 0 Å². The van der Waals surface area contributed by atoms with Crippen LogP contribution in [-0.4, -0.2) is 33.0 Å². The van der Waals surface area contributed by atoms with Gasteiger partial charge in [-0.05, 0) is 56.5 Å². The number of hydrogen-bond donors (Lipinski definition) is 1. The maximum Gasteiger partial charge on any atom is 0.180 e. The Labute approximate surface area is 172 Å². The summed E-state index contributed by atoms with van der Waals surface area (Å²) in [5.74, 6) is 2.58. The van der Waals surface area contributed by atoms with E-state index in [1.807, 2.05) is 31.3 Å². The summed E-state index contributed by atoms with van der Waals surface area (Å²) in [6.45, 7) is 6.96. The van der Waals surface area contributed by atoms with E-state index in [0.717, 1.165) is 41.7 Å². The molecule has 1 aliphatic rings. The molecule has 29 heavy (non-hydrogen) atoms. The van der Waals surface area contributed by atoms with Crippen LogP contribution in [0.5, 0.6) is 0 Å². The Morgan fingerprint density at radius 3 is 2.52 bits per heavy atom. The fourth-order valence-corrected chi connectivity index (χ4v) is 3.64. The molecular weight excluding hydrogens is 360 g/mol. The summed E-state index contributed by atoms with van der Waals surface area (Å²) in [6, 6.07) is 10.0. The average Bonchev–Trinajstić information content (AvgIpc) is 3.05. The molecule has 0 saturated carbocycles. The Morgan fingerprint density at radius 2 is 1.76 bits per heavy atom. The highest BCUT2D eigenvalue weighted by Gasteiger charge is 2.13. The van der Waals surface area contributed by atoms with Crippen molar-refractivity contribution in [3.63, 3.8) is 0 Å². The third-order valence-electron chi connectivity index (χ3n) is 5.48. The van der Waals surface area contributed by atoms with E-state index in [1.165, 1.54) is 31.2 Å². The number of aromatic nitrogens is 4. The first kappa shape index (κ1) is 19.3. The average molecular weight is 389 g/mol. The number of nitrogens with zero attached hydrogens (tertiary/aromatic N) is 5. The van der Waals surface area contributed by atoms with E-state index in [9.17, 15) is 0 Å². The highest BCUT2D eigenvalue weighted by atomic mass is 15.2. The van der Waals surface area contributed by atoms with E-state index in [0.29, 0.717) is 12.4 Å². The summed E-state index contributed by atoms with van der Waals surface area (Å²) >= 11 is 0. The van der Waals surface area contributed by atoms with E-state index < -0.39 is 0 Å². The van der Waals surface area contributed by atoms with Crippen molar-refractivity contribution >= 4 is 11.6 Å². The van der Waals surface area contributed by atoms with Crippen molar-refractivity contribution in [3.8, 4) is 11.5 Å². The van der Waals surface area contributed by atoms with Crippen molar-refractivity contribution in [2.45, 2.75) is 46.1 Å². The van der Waals surface area contributed by atoms with Crippen LogP contribution in [0.4, 0.5) is 11.6 Å². The number of anilines is 2. The number of nitrogens with one attached hydrogen (secondary N) is 1. The minimum Gasteiger partial charge on any atom is -0.366 e. The monoisotopic (exact) mass is 388 g/mol. The highest BCUT2D eigenvalue weighted by Crippen LogP contribution is 2.22. The molecule has 0 unspecified atom stereocenters. The molecular formula is C23H28N6. The van der Waals surface area contributed by atoms with Gasteiger partial charge < -0.3 is 10.2 Å². The summed E-state index contributed by atoms with van der Waals surface area (Å²) in [7, 11) is 0. The van der Waals surface area contributed by atoms with Gasteiger partial charge in [0.15, 0.2) is 5.82 Å². The molecule has 1 saturated heterocycles. The van der Waals surface area contributed by atoms with Gasteiger partial charge >= 0.3 is 0 Å². The Balaban J connectivity index is 1.52. The van der Waals surface area contributed by atoms with Gasteiger partial charge in [0.1, 0.15) is 17.3 Å². The van der Waals surface area contributed by atoms with Crippen molar-refractivity contribution in [1.82, 2.24) is 19.9 Å². The Bertz CT molecular complexity index is 949. The van der Waals surface area contributed by atoms with E-state index >= 15 is 0 Å². The maximum absolute atomic E-state index is 4.73. The molecule has 6 nitrogen and oxygen atoms in total. The summed E-state index contributed by atoms with van der Waals surface area (Å²) in [4.78, 5) is 20.8. The van der Waals surface area contributed by atoms with Crippen LogP contribution in [0.25, 0.3) is 11.5 Å². The van der Waals surface area contributed by atoms with Crippen molar-refractivity contribution < 1.29 is 0 Å². The first-order chi connectivity index (χ1) is 14.2. The van der Waals surface area contributed by atoms with Gasteiger partial charge in [-0.3, -0.25) is 4.98 Å². The molecule has 0 atom stereocenters. The highest BCUT2D eigenvalue weighted by molar-refractivity contribution is 5.56. The van der Waals surface area contributed by atoms with Gasteiger partial charge in [-0.15, -0.1) is 0 Å². The second-order valence-corrected chi connectivity index (χ2v) is 7.60. The standard InChI is InChI=1S/C23H28N6/c1-17-18(2)27-23(20-9-5-6-11-24-20)28-22(17)26-16-19-10-12-25-21(15-19)29-13-7-3-4-8-14-29/h5-6,9-12,15H,3-4,7-8,13-14,16H2,1-2H3,(H,26,27,28). The number of rotatable bonds is 5. The van der Waals surface area contributed by atoms with Crippen LogP contribution in [0.1, 0.15) is 42.5 Å². The van der Waals surface area contributed by atoms with Gasteiger partial charge in [0.25, 0.3) is 0 Å². The topological polar surface area (TPSA) is 66.8 Å². The quantitative estimate of drug-likeness (QED) is 0.692. The second kappa shape index (κ2) is 8.99. The third-order valence-corrected chi connectivity index (χ3v) is 5.48. The molecule has 0 aromatic carbocycles. The first-order valence-corrected chi connectivity index (χ1v) is 10.4. The predicted octanol–water partition coefficient (Wildman–Crippen LogP) is 4.54. The fourth-order valence-electron chi connectivity index (χ4n) is 3.64. The van der Waals surface area contributed by atoms with Crippen LogP contribution in [0.2, 0.25) is 0 Å². The summed E-state index contributed by atoms with van der Waals surface area (Å²) in [6.07, 6.45) is 8.82. The van der Waals surface area contributed by atoms with E-state index in [2.05, 4.69) is 44.2 Å². The molecule has 1 fully saturated rings. The zero-order chi connectivity index (χ0) is 20.1. The molecule has 0 amide bonds. The minimum absolute atomic E-state index is 0.649. The molecule has 0 aliphatic carbocycles. The molecule has 4 heterocycles. The lowest BCUT2D eigenvalue weighted by Gasteiger charge is -2.22. The molecule has 6 heteroatoms. The zero-order valence-corrected chi connectivity index (χ0v) is 17.2. The third kappa shape index (κ3) is 4.70. The van der Waals surface area contributed by atoms with Gasteiger partial charge in [-0.25, -0.2) is 15.0 Å². The van der Waals surface area contributed by atoms with Crippen molar-refractivity contribution in [1.29, 1.82) is 0 Å². The predicted molar refractivity (Wildman–Crippen MR) is 117 cm³/mol. The Morgan fingerprint density at radius 1 is 0.931 bits per heavy atom. The van der Waals surface area contributed by atoms with E-state index in [-0.39, 0.29) is 0 Å². The van der Waals surface area contributed by atoms with Crippen LogP contribution >= 0.6 is 0 Å². The number of hydrogen-bond acceptors (Lipinski definition) is 6. The lowest BCUT2D eigenvalue weighted by atomic mass is 10.2. The molecule has 150 valence electrons. The van der Waals surface area contributed by atoms with Crippen molar-refractivity contribution in [3.05, 3.63) is 59.5 Å². The summed E-state index contributed by atoms with van der Waals surface area (Å²) in [5.41, 5.74) is 4.01. The molecule has 3 aromatic rings. The lowest BCUT2D eigenvalue weighted by Crippen LogP contribution is -2.25. The molecule has 1 N–H and O–H groups in total. The van der Waals surface area contributed by atoms with Gasteiger partial charge in [-0.2, -0.15) is 0 Å². The number of aryl methyl sites for hydroxylation is 1. The first-order valence-electron chi connectivity index (χ1n) is 10.4. The smallest absolute Gasteiger partial charge is 0.180 e. The fraction of sp³-hybridized carbons (Fsp3) is 0.391. The summed E-state index contributed by atoms with van der Waals surface area (Å²) in [5, 5.41) is 3.50. The minimum atomic E-state index is 0.649. The summed E-state index contributed by atoms with van der Waals surface area (Å²) < 4.78 is 0. The van der Waals surface area contributed by atoms with Crippen LogP contribution in [0.15, 0.2) is 42.7 Å². The lowest BCUT2D eigenvalue weighted by molar-refractivity contribution is 0.726. The number of pyridine rings is 2. The second-order valence-electron chi connectivity index (χ2n) is 7.60. The molecule has 0 radical (unpaired) electrons. The molecule has 0 spiro atoms. The Kier molecular flexibility index (Phi) is 5.98. The molecule has 3 aromatic heterocycles. The largest absolute Gasteiger partial charge is 0.366 e. The van der Waals surface area contributed by atoms with Gasteiger partial charge in [0.2, 0.25) is 0 Å². The van der Waals surface area contributed by atoms with Crippen LogP contribution in [0, 0.1) is 13.8 Å². The van der Waals surface area contributed by atoms with Crippen LogP contribution < -0.4 is 10.2 Å². The molecule has 4 rings (SSSR count). The van der Waals surface area contributed by atoms with E-state index in [1.54, 1.807) is 6.20 Å². The van der Waals surface area contributed by atoms with Crippen molar-refractivity contribution in [2.24, 2.45) is 0 Å². The normalized spacial score (nSPS) is 14.5. The Hall–Kier alpha value is -3.02. The SMILES string of the molecule is Cc1nc(-c2ccccn2)nc(NCc2ccnc(N3CCCCCC3)c2)c1C. The molecule has 0 bridgehead atoms. The van der Waals surface area contributed by atoms with Gasteiger partial charge in [0, 0.05) is 43.3 Å². The molecule has 1 aliphatic heterocycles. The van der Waals surface area contributed by atoms with E-state index in [4.69, 9.17) is 4.98 Å². The maximum atomic E-state index is 4.73. The van der Waals surface area contributed by atoms with Gasteiger partial charge in [0.05, 0.1) is 0 Å². The van der Waals surface area contributed by atoms with Crippen LogP contribution in [-0.2, 0) is 6.54 Å².